The molecule has 3 aliphatic rings. The van der Waals surface area contributed by atoms with Crippen molar-refractivity contribution in [2.24, 2.45) is 0 Å². The Kier molecular flexibility index (Phi) is 3.71. The standard InChI is InChI=1S/C25H26N6/c1-2-5-19-17(4-1)12-18(14-26-19)22-13-23-25(9-11-31(23)29-22)8-10-30(16-25)15-24-27-20-6-3-7-21(20)28-24/h1-2,4-5,12-14H,3,6-11,15-16H2,(H,27,28). The summed E-state index contributed by atoms with van der Waals surface area (Å²) >= 11 is 0. The molecule has 1 N–H and O–H groups in total. The molecular formula is C25H26N6. The summed E-state index contributed by atoms with van der Waals surface area (Å²) in [6.45, 7) is 4.17. The van der Waals surface area contributed by atoms with Crippen molar-refractivity contribution in [1.82, 2.24) is 29.6 Å². The fraction of sp³-hybridized carbons (Fsp3) is 0.400. The lowest BCUT2D eigenvalue weighted by atomic mass is 9.82. The number of rotatable bonds is 3. The third-order valence-electron chi connectivity index (χ3n) is 7.57. The number of aryl methyl sites for hydroxylation is 3. The van der Waals surface area contributed by atoms with Gasteiger partial charge >= 0.3 is 0 Å². The Morgan fingerprint density at radius 1 is 1.06 bits per heavy atom. The van der Waals surface area contributed by atoms with Gasteiger partial charge in [-0.05, 0) is 56.8 Å². The third-order valence-corrected chi connectivity index (χ3v) is 7.57. The molecule has 0 bridgehead atoms. The van der Waals surface area contributed by atoms with Crippen molar-refractivity contribution in [3.63, 3.8) is 0 Å². The summed E-state index contributed by atoms with van der Waals surface area (Å²) in [7, 11) is 0. The van der Waals surface area contributed by atoms with Crippen LogP contribution in [0.1, 0.15) is 42.2 Å². The van der Waals surface area contributed by atoms with Crippen molar-refractivity contribution in [1.29, 1.82) is 0 Å². The van der Waals surface area contributed by atoms with E-state index in [9.17, 15) is 0 Å². The number of fused-ring (bicyclic) bond motifs is 4. The Balaban J connectivity index is 1.15. The molecule has 1 atom stereocenters. The van der Waals surface area contributed by atoms with E-state index in [1.54, 1.807) is 0 Å². The molecule has 0 radical (unpaired) electrons. The van der Waals surface area contributed by atoms with Crippen LogP contribution in [0, 0.1) is 0 Å². The second-order valence-corrected chi connectivity index (χ2v) is 9.51. The van der Waals surface area contributed by atoms with Crippen LogP contribution in [0.4, 0.5) is 0 Å². The van der Waals surface area contributed by atoms with Crippen molar-refractivity contribution in [3.8, 4) is 11.3 Å². The number of aromatic nitrogens is 5. The summed E-state index contributed by atoms with van der Waals surface area (Å²) in [5.41, 5.74) is 7.49. The summed E-state index contributed by atoms with van der Waals surface area (Å²) in [5, 5.41) is 6.14. The fourth-order valence-corrected chi connectivity index (χ4v) is 5.96. The topological polar surface area (TPSA) is 62.6 Å². The highest BCUT2D eigenvalue weighted by molar-refractivity contribution is 5.82. The van der Waals surface area contributed by atoms with Crippen molar-refractivity contribution in [3.05, 3.63) is 65.5 Å². The zero-order valence-electron chi connectivity index (χ0n) is 17.6. The van der Waals surface area contributed by atoms with E-state index in [0.717, 1.165) is 61.6 Å². The van der Waals surface area contributed by atoms with Gasteiger partial charge in [-0.1, -0.05) is 18.2 Å². The van der Waals surface area contributed by atoms with Crippen LogP contribution >= 0.6 is 0 Å². The van der Waals surface area contributed by atoms with Crippen LogP contribution in [0.25, 0.3) is 22.2 Å². The second-order valence-electron chi connectivity index (χ2n) is 9.51. The van der Waals surface area contributed by atoms with Gasteiger partial charge in [0.15, 0.2) is 0 Å². The van der Waals surface area contributed by atoms with Gasteiger partial charge in [-0.3, -0.25) is 14.6 Å². The van der Waals surface area contributed by atoms with Crippen molar-refractivity contribution < 1.29 is 0 Å². The van der Waals surface area contributed by atoms with E-state index in [0.29, 0.717) is 0 Å². The highest BCUT2D eigenvalue weighted by Gasteiger charge is 2.45. The van der Waals surface area contributed by atoms with Gasteiger partial charge in [0.1, 0.15) is 5.82 Å². The molecule has 4 aromatic rings. The molecule has 0 amide bonds. The van der Waals surface area contributed by atoms with Gasteiger partial charge < -0.3 is 4.98 Å². The number of nitrogens with zero attached hydrogens (tertiary/aromatic N) is 5. The van der Waals surface area contributed by atoms with E-state index in [1.807, 2.05) is 12.3 Å². The number of H-pyrrole nitrogens is 1. The van der Waals surface area contributed by atoms with Crippen LogP contribution in [-0.4, -0.2) is 42.7 Å². The number of pyridine rings is 1. The molecule has 5 heterocycles. The minimum atomic E-state index is 0.227. The van der Waals surface area contributed by atoms with Gasteiger partial charge in [0, 0.05) is 47.0 Å². The molecule has 7 rings (SSSR count). The zero-order valence-corrected chi connectivity index (χ0v) is 17.6. The minimum absolute atomic E-state index is 0.227. The lowest BCUT2D eigenvalue weighted by Crippen LogP contribution is -2.29. The largest absolute Gasteiger partial charge is 0.345 e. The van der Waals surface area contributed by atoms with Gasteiger partial charge in [0.25, 0.3) is 0 Å². The Morgan fingerprint density at radius 3 is 2.97 bits per heavy atom. The molecule has 1 saturated heterocycles. The first-order valence-corrected chi connectivity index (χ1v) is 11.5. The zero-order chi connectivity index (χ0) is 20.4. The number of imidazole rings is 1. The molecule has 1 aromatic carbocycles. The molecule has 1 unspecified atom stereocenters. The molecule has 6 heteroatoms. The van der Waals surface area contributed by atoms with Gasteiger partial charge in [-0.2, -0.15) is 5.10 Å². The van der Waals surface area contributed by atoms with E-state index < -0.39 is 0 Å². The van der Waals surface area contributed by atoms with Crippen molar-refractivity contribution in [2.75, 3.05) is 13.1 Å². The molecule has 6 nitrogen and oxygen atoms in total. The molecule has 3 aromatic heterocycles. The number of para-hydroxylation sites is 1. The predicted octanol–water partition coefficient (Wildman–Crippen LogP) is 3.86. The van der Waals surface area contributed by atoms with Gasteiger partial charge in [0.2, 0.25) is 0 Å². The van der Waals surface area contributed by atoms with Crippen LogP contribution in [0.3, 0.4) is 0 Å². The maximum absolute atomic E-state index is 4.97. The third kappa shape index (κ3) is 2.78. The predicted molar refractivity (Wildman–Crippen MR) is 120 cm³/mol. The second kappa shape index (κ2) is 6.50. The smallest absolute Gasteiger partial charge is 0.120 e. The normalized spacial score (nSPS) is 22.6. The summed E-state index contributed by atoms with van der Waals surface area (Å²) < 4.78 is 2.25. The van der Waals surface area contributed by atoms with Crippen LogP contribution in [-0.2, 0) is 31.3 Å². The van der Waals surface area contributed by atoms with Crippen LogP contribution in [0.5, 0.6) is 0 Å². The minimum Gasteiger partial charge on any atom is -0.345 e. The average molecular weight is 411 g/mol. The molecule has 0 saturated carbocycles. The van der Waals surface area contributed by atoms with Gasteiger partial charge in [-0.25, -0.2) is 4.98 Å². The van der Waals surface area contributed by atoms with Gasteiger partial charge in [0.05, 0.1) is 23.4 Å². The number of aromatic amines is 1. The van der Waals surface area contributed by atoms with Crippen LogP contribution in [0.2, 0.25) is 0 Å². The Bertz CT molecular complexity index is 1280. The maximum atomic E-state index is 4.97. The number of hydrogen-bond donors (Lipinski definition) is 1. The van der Waals surface area contributed by atoms with Gasteiger partial charge in [-0.15, -0.1) is 0 Å². The molecular weight excluding hydrogens is 384 g/mol. The van der Waals surface area contributed by atoms with E-state index in [-0.39, 0.29) is 5.41 Å². The van der Waals surface area contributed by atoms with E-state index >= 15 is 0 Å². The first-order valence-electron chi connectivity index (χ1n) is 11.5. The molecule has 156 valence electrons. The lowest BCUT2D eigenvalue weighted by Gasteiger charge is -2.23. The van der Waals surface area contributed by atoms with E-state index in [1.165, 1.54) is 41.7 Å². The molecule has 1 aliphatic carbocycles. The number of hydrogen-bond acceptors (Lipinski definition) is 4. The Morgan fingerprint density at radius 2 is 2.00 bits per heavy atom. The summed E-state index contributed by atoms with van der Waals surface area (Å²) in [5.74, 6) is 1.15. The van der Waals surface area contributed by atoms with E-state index in [2.05, 4.69) is 49.9 Å². The monoisotopic (exact) mass is 410 g/mol. The summed E-state index contributed by atoms with van der Waals surface area (Å²) in [6, 6.07) is 12.8. The average Bonchev–Trinajstić information content (AvgIpc) is 3.57. The highest BCUT2D eigenvalue weighted by Crippen LogP contribution is 2.44. The number of nitrogens with one attached hydrogen (secondary N) is 1. The first-order chi connectivity index (χ1) is 15.3. The SMILES string of the molecule is c1ccc2ncc(-c3cc4n(n3)CCC43CCN(Cc4nc5c([nH]4)CCC5)C3)cc2c1. The van der Waals surface area contributed by atoms with E-state index in [4.69, 9.17) is 10.1 Å². The molecule has 1 fully saturated rings. The van der Waals surface area contributed by atoms with Crippen LogP contribution in [0.15, 0.2) is 42.6 Å². The molecule has 1 spiro atoms. The lowest BCUT2D eigenvalue weighted by molar-refractivity contribution is 0.295. The first kappa shape index (κ1) is 17.7. The number of likely N-dealkylation sites (tertiary alicyclic amines) is 1. The highest BCUT2D eigenvalue weighted by atomic mass is 15.3. The van der Waals surface area contributed by atoms with Crippen molar-refractivity contribution in [2.45, 2.75) is 50.6 Å². The molecule has 2 aliphatic heterocycles. The van der Waals surface area contributed by atoms with Crippen molar-refractivity contribution >= 4 is 10.9 Å². The van der Waals surface area contributed by atoms with Crippen LogP contribution < -0.4 is 0 Å². The quantitative estimate of drug-likeness (QED) is 0.557. The fourth-order valence-electron chi connectivity index (χ4n) is 5.96. The Labute approximate surface area is 181 Å². The summed E-state index contributed by atoms with van der Waals surface area (Å²) in [6.07, 6.45) is 7.91. The number of benzene rings is 1. The maximum Gasteiger partial charge on any atom is 0.120 e. The summed E-state index contributed by atoms with van der Waals surface area (Å²) in [4.78, 5) is 15.7. The Hall–Kier alpha value is -2.99. The molecule has 31 heavy (non-hydrogen) atoms.